The molecule has 1 aliphatic carbocycles. The van der Waals surface area contributed by atoms with Crippen LogP contribution in [-0.4, -0.2) is 70.7 Å². The molecule has 1 aromatic heterocycles. The summed E-state index contributed by atoms with van der Waals surface area (Å²) in [5.41, 5.74) is 2.22. The summed E-state index contributed by atoms with van der Waals surface area (Å²) < 4.78 is 7.62. The Hall–Kier alpha value is -2.06. The standard InChI is InChI=1S/C24H33N5O2S/c1-18-5-4-8-21(15-18)29-23(27-11-13-31-14-12-27)25-26-24(29)32-17-22(30)28-10-9-19-6-2-3-7-20(19)16-28/h4-5,8,15,19-20H,2-3,6-7,9-14,16-17H2,1H3/t19-,20-/m1/s1. The molecular formula is C24H33N5O2S. The number of aromatic nitrogens is 3. The number of morpholine rings is 1. The Kier molecular flexibility index (Phi) is 6.69. The van der Waals surface area contributed by atoms with E-state index < -0.39 is 0 Å². The van der Waals surface area contributed by atoms with Crippen molar-refractivity contribution in [2.45, 2.75) is 44.2 Å². The molecular weight excluding hydrogens is 422 g/mol. The number of hydrogen-bond acceptors (Lipinski definition) is 6. The van der Waals surface area contributed by atoms with Crippen LogP contribution in [0.15, 0.2) is 29.4 Å². The number of thioether (sulfide) groups is 1. The largest absolute Gasteiger partial charge is 0.378 e. The zero-order chi connectivity index (χ0) is 21.9. The first kappa shape index (κ1) is 21.8. The van der Waals surface area contributed by atoms with Crippen LogP contribution >= 0.6 is 11.8 Å². The third-order valence-corrected chi connectivity index (χ3v) is 8.05. The first-order chi connectivity index (χ1) is 15.7. The van der Waals surface area contributed by atoms with Crippen LogP contribution in [0.5, 0.6) is 0 Å². The predicted molar refractivity (Wildman–Crippen MR) is 126 cm³/mol. The summed E-state index contributed by atoms with van der Waals surface area (Å²) in [5, 5.41) is 9.81. The van der Waals surface area contributed by atoms with Gasteiger partial charge in [-0.2, -0.15) is 0 Å². The van der Waals surface area contributed by atoms with Crippen molar-refractivity contribution in [1.82, 2.24) is 19.7 Å². The number of aryl methyl sites for hydroxylation is 1. The fraction of sp³-hybridized carbons (Fsp3) is 0.625. The average Bonchev–Trinajstić information content (AvgIpc) is 3.27. The third kappa shape index (κ3) is 4.66. The number of carbonyl (C=O) groups excluding carboxylic acids is 1. The highest BCUT2D eigenvalue weighted by atomic mass is 32.2. The monoisotopic (exact) mass is 455 g/mol. The van der Waals surface area contributed by atoms with Gasteiger partial charge in [-0.25, -0.2) is 0 Å². The van der Waals surface area contributed by atoms with Gasteiger partial charge in [-0.05, 0) is 49.3 Å². The molecule has 1 saturated carbocycles. The highest BCUT2D eigenvalue weighted by molar-refractivity contribution is 7.99. The highest BCUT2D eigenvalue weighted by Crippen LogP contribution is 2.36. The van der Waals surface area contributed by atoms with Crippen molar-refractivity contribution in [3.8, 4) is 5.69 Å². The van der Waals surface area contributed by atoms with Crippen LogP contribution in [0, 0.1) is 18.8 Å². The Morgan fingerprint density at radius 2 is 1.91 bits per heavy atom. The normalized spacial score (nSPS) is 23.8. The van der Waals surface area contributed by atoms with E-state index in [1.807, 2.05) is 0 Å². The fourth-order valence-electron chi connectivity index (χ4n) is 5.36. The number of amides is 1. The third-order valence-electron chi connectivity index (χ3n) is 7.14. The minimum absolute atomic E-state index is 0.228. The van der Waals surface area contributed by atoms with Gasteiger partial charge in [0.15, 0.2) is 5.16 Å². The molecule has 0 bridgehead atoms. The molecule has 3 fully saturated rings. The second kappa shape index (κ2) is 9.83. The van der Waals surface area contributed by atoms with Gasteiger partial charge in [-0.1, -0.05) is 43.2 Å². The van der Waals surface area contributed by atoms with E-state index in [0.29, 0.717) is 24.9 Å². The van der Waals surface area contributed by atoms with Crippen LogP contribution in [0.1, 0.15) is 37.7 Å². The molecule has 1 amide bonds. The van der Waals surface area contributed by atoms with E-state index in [1.165, 1.54) is 49.4 Å². The molecule has 0 radical (unpaired) electrons. The number of anilines is 1. The zero-order valence-corrected chi connectivity index (χ0v) is 19.7. The van der Waals surface area contributed by atoms with E-state index in [2.05, 4.69) is 55.8 Å². The molecule has 8 heteroatoms. The van der Waals surface area contributed by atoms with Gasteiger partial charge in [-0.15, -0.1) is 10.2 Å². The number of carbonyl (C=O) groups is 1. The predicted octanol–water partition coefficient (Wildman–Crippen LogP) is 3.54. The molecule has 7 nitrogen and oxygen atoms in total. The number of piperidine rings is 1. The summed E-state index contributed by atoms with van der Waals surface area (Å²) in [6, 6.07) is 8.38. The lowest BCUT2D eigenvalue weighted by Gasteiger charge is -2.41. The van der Waals surface area contributed by atoms with E-state index in [0.717, 1.165) is 48.9 Å². The minimum atomic E-state index is 0.228. The minimum Gasteiger partial charge on any atom is -0.378 e. The summed E-state index contributed by atoms with van der Waals surface area (Å²) in [6.07, 6.45) is 6.49. The van der Waals surface area contributed by atoms with Crippen molar-refractivity contribution in [3.05, 3.63) is 29.8 Å². The SMILES string of the molecule is Cc1cccc(-n2c(SCC(=O)N3CC[C@H]4CCCC[C@@H]4C3)nnc2N2CCOCC2)c1. The van der Waals surface area contributed by atoms with Gasteiger partial charge in [0.25, 0.3) is 0 Å². The summed E-state index contributed by atoms with van der Waals surface area (Å²) in [6.45, 7) is 6.91. The van der Waals surface area contributed by atoms with Gasteiger partial charge in [0, 0.05) is 26.2 Å². The maximum Gasteiger partial charge on any atom is 0.233 e. The number of fused-ring (bicyclic) bond motifs is 1. The Balaban J connectivity index is 1.32. The summed E-state index contributed by atoms with van der Waals surface area (Å²) in [7, 11) is 0. The number of nitrogens with zero attached hydrogens (tertiary/aromatic N) is 5. The summed E-state index contributed by atoms with van der Waals surface area (Å²) >= 11 is 1.50. The van der Waals surface area contributed by atoms with Gasteiger partial charge in [-0.3, -0.25) is 9.36 Å². The maximum atomic E-state index is 13.1. The number of likely N-dealkylation sites (tertiary alicyclic amines) is 1. The summed E-state index contributed by atoms with van der Waals surface area (Å²) in [5.74, 6) is 3.00. The molecule has 172 valence electrons. The molecule has 0 N–H and O–H groups in total. The number of rotatable bonds is 5. The van der Waals surface area contributed by atoms with E-state index in [9.17, 15) is 4.79 Å². The number of ether oxygens (including phenoxy) is 1. The van der Waals surface area contributed by atoms with Crippen molar-refractivity contribution in [3.63, 3.8) is 0 Å². The van der Waals surface area contributed by atoms with E-state index in [-0.39, 0.29) is 5.91 Å². The average molecular weight is 456 g/mol. The van der Waals surface area contributed by atoms with E-state index >= 15 is 0 Å². The second-order valence-electron chi connectivity index (χ2n) is 9.28. The molecule has 2 saturated heterocycles. The van der Waals surface area contributed by atoms with Crippen molar-refractivity contribution in [2.24, 2.45) is 11.8 Å². The van der Waals surface area contributed by atoms with Gasteiger partial charge >= 0.3 is 0 Å². The van der Waals surface area contributed by atoms with Crippen LogP contribution in [0.25, 0.3) is 5.69 Å². The van der Waals surface area contributed by atoms with Gasteiger partial charge < -0.3 is 14.5 Å². The van der Waals surface area contributed by atoms with E-state index in [4.69, 9.17) is 4.74 Å². The molecule has 5 rings (SSSR count). The smallest absolute Gasteiger partial charge is 0.233 e. The van der Waals surface area contributed by atoms with Crippen LogP contribution in [0.3, 0.4) is 0 Å². The van der Waals surface area contributed by atoms with Crippen molar-refractivity contribution < 1.29 is 9.53 Å². The Labute approximate surface area is 194 Å². The van der Waals surface area contributed by atoms with Gasteiger partial charge in [0.1, 0.15) is 0 Å². The first-order valence-electron chi connectivity index (χ1n) is 11.9. The highest BCUT2D eigenvalue weighted by Gasteiger charge is 2.33. The Bertz CT molecular complexity index is 942. The number of benzene rings is 1. The van der Waals surface area contributed by atoms with Crippen LogP contribution in [0.2, 0.25) is 0 Å². The molecule has 2 atom stereocenters. The molecule has 32 heavy (non-hydrogen) atoms. The quantitative estimate of drug-likeness (QED) is 0.643. The molecule has 2 aromatic rings. The van der Waals surface area contributed by atoms with Gasteiger partial charge in [0.2, 0.25) is 11.9 Å². The van der Waals surface area contributed by atoms with E-state index in [1.54, 1.807) is 0 Å². The maximum absolute atomic E-state index is 13.1. The lowest BCUT2D eigenvalue weighted by molar-refractivity contribution is -0.131. The number of hydrogen-bond donors (Lipinski definition) is 0. The molecule has 1 aromatic carbocycles. The molecule has 3 heterocycles. The van der Waals surface area contributed by atoms with Gasteiger partial charge in [0.05, 0.1) is 24.7 Å². The Morgan fingerprint density at radius 1 is 1.09 bits per heavy atom. The second-order valence-corrected chi connectivity index (χ2v) is 10.2. The fourth-order valence-corrected chi connectivity index (χ4v) is 6.21. The molecule has 2 aliphatic heterocycles. The summed E-state index contributed by atoms with van der Waals surface area (Å²) in [4.78, 5) is 17.4. The zero-order valence-electron chi connectivity index (χ0n) is 18.9. The Morgan fingerprint density at radius 3 is 2.72 bits per heavy atom. The van der Waals surface area contributed by atoms with Crippen molar-refractivity contribution in [2.75, 3.05) is 50.0 Å². The lowest BCUT2D eigenvalue weighted by atomic mass is 9.75. The van der Waals surface area contributed by atoms with Crippen molar-refractivity contribution in [1.29, 1.82) is 0 Å². The van der Waals surface area contributed by atoms with Crippen LogP contribution in [-0.2, 0) is 9.53 Å². The van der Waals surface area contributed by atoms with Crippen LogP contribution in [0.4, 0.5) is 5.95 Å². The molecule has 3 aliphatic rings. The topological polar surface area (TPSA) is 63.5 Å². The molecule has 0 spiro atoms. The molecule has 0 unspecified atom stereocenters. The first-order valence-corrected chi connectivity index (χ1v) is 12.9. The van der Waals surface area contributed by atoms with Crippen LogP contribution < -0.4 is 4.90 Å². The lowest BCUT2D eigenvalue weighted by Crippen LogP contribution is -2.45. The van der Waals surface area contributed by atoms with Crippen molar-refractivity contribution >= 4 is 23.6 Å².